The molecule has 1 aromatic rings. The zero-order valence-electron chi connectivity index (χ0n) is 10.4. The van der Waals surface area contributed by atoms with Gasteiger partial charge in [-0.15, -0.1) is 0 Å². The number of hydrogen-bond acceptors (Lipinski definition) is 3. The van der Waals surface area contributed by atoms with Gasteiger partial charge in [0.25, 0.3) is 0 Å². The first-order valence-electron chi connectivity index (χ1n) is 6.08. The van der Waals surface area contributed by atoms with Crippen molar-refractivity contribution in [3.63, 3.8) is 0 Å². The highest BCUT2D eigenvalue weighted by molar-refractivity contribution is 5.51. The van der Waals surface area contributed by atoms with E-state index in [4.69, 9.17) is 10.00 Å². The lowest BCUT2D eigenvalue weighted by molar-refractivity contribution is 0.403. The summed E-state index contributed by atoms with van der Waals surface area (Å²) in [5.74, 6) is 0.701. The molecular weight excluding hydrogens is 212 g/mol. The summed E-state index contributed by atoms with van der Waals surface area (Å²) in [6, 6.07) is 6.68. The van der Waals surface area contributed by atoms with Gasteiger partial charge in [-0.05, 0) is 43.5 Å². The normalized spacial score (nSPS) is 19.7. The number of aryl methyl sites for hydroxylation is 1. The second kappa shape index (κ2) is 5.20. The Balaban J connectivity index is 2.36. The Hall–Kier alpha value is -1.53. The van der Waals surface area contributed by atoms with E-state index in [1.54, 1.807) is 7.11 Å². The van der Waals surface area contributed by atoms with Crippen LogP contribution in [0.5, 0.6) is 5.75 Å². The maximum atomic E-state index is 9.15. The summed E-state index contributed by atoms with van der Waals surface area (Å²) < 4.78 is 5.27. The SMILES string of the molecule is COc1c(C)cc(C2CCCCN2)cc1C#N. The van der Waals surface area contributed by atoms with Gasteiger partial charge in [0.15, 0.2) is 0 Å². The molecule has 1 aromatic carbocycles. The van der Waals surface area contributed by atoms with Gasteiger partial charge in [0, 0.05) is 6.04 Å². The monoisotopic (exact) mass is 230 g/mol. The lowest BCUT2D eigenvalue weighted by Crippen LogP contribution is -2.26. The number of hydrogen-bond donors (Lipinski definition) is 1. The zero-order chi connectivity index (χ0) is 12.3. The van der Waals surface area contributed by atoms with Crippen molar-refractivity contribution < 1.29 is 4.74 Å². The fraction of sp³-hybridized carbons (Fsp3) is 0.500. The number of methoxy groups -OCH3 is 1. The third kappa shape index (κ3) is 2.42. The van der Waals surface area contributed by atoms with Crippen molar-refractivity contribution in [1.82, 2.24) is 5.32 Å². The molecule has 1 fully saturated rings. The molecule has 1 aliphatic heterocycles. The Morgan fingerprint density at radius 1 is 1.41 bits per heavy atom. The molecule has 17 heavy (non-hydrogen) atoms. The van der Waals surface area contributed by atoms with Gasteiger partial charge in [-0.1, -0.05) is 12.5 Å². The van der Waals surface area contributed by atoms with Crippen LogP contribution in [0, 0.1) is 18.3 Å². The second-order valence-corrected chi connectivity index (χ2v) is 4.53. The molecule has 0 bridgehead atoms. The van der Waals surface area contributed by atoms with E-state index in [1.165, 1.54) is 18.4 Å². The highest BCUT2D eigenvalue weighted by atomic mass is 16.5. The van der Waals surface area contributed by atoms with Crippen LogP contribution in [0.1, 0.15) is 42.0 Å². The molecule has 1 aliphatic rings. The van der Waals surface area contributed by atoms with Crippen molar-refractivity contribution in [3.8, 4) is 11.8 Å². The van der Waals surface area contributed by atoms with Crippen LogP contribution >= 0.6 is 0 Å². The van der Waals surface area contributed by atoms with E-state index in [1.807, 2.05) is 13.0 Å². The number of benzene rings is 1. The van der Waals surface area contributed by atoms with Gasteiger partial charge in [-0.3, -0.25) is 0 Å². The van der Waals surface area contributed by atoms with Crippen LogP contribution < -0.4 is 10.1 Å². The van der Waals surface area contributed by atoms with E-state index in [2.05, 4.69) is 17.5 Å². The maximum absolute atomic E-state index is 9.15. The van der Waals surface area contributed by atoms with Crippen molar-refractivity contribution in [2.45, 2.75) is 32.2 Å². The predicted molar refractivity (Wildman–Crippen MR) is 67.0 cm³/mol. The largest absolute Gasteiger partial charge is 0.495 e. The predicted octanol–water partition coefficient (Wildman–Crippen LogP) is 2.69. The molecule has 0 aliphatic carbocycles. The van der Waals surface area contributed by atoms with Gasteiger partial charge < -0.3 is 10.1 Å². The molecule has 90 valence electrons. The first-order valence-corrected chi connectivity index (χ1v) is 6.08. The summed E-state index contributed by atoms with van der Waals surface area (Å²) in [6.07, 6.45) is 3.65. The van der Waals surface area contributed by atoms with Crippen molar-refractivity contribution in [1.29, 1.82) is 5.26 Å². The molecule has 0 aromatic heterocycles. The molecule has 3 heteroatoms. The average Bonchev–Trinajstić information content (AvgIpc) is 2.38. The molecule has 1 heterocycles. The summed E-state index contributed by atoms with van der Waals surface area (Å²) in [4.78, 5) is 0. The van der Waals surface area contributed by atoms with Crippen LogP contribution in [0.2, 0.25) is 0 Å². The molecule has 0 saturated carbocycles. The molecule has 0 amide bonds. The summed E-state index contributed by atoms with van der Waals surface area (Å²) in [5, 5.41) is 12.6. The van der Waals surface area contributed by atoms with Gasteiger partial charge >= 0.3 is 0 Å². The molecule has 1 unspecified atom stereocenters. The minimum Gasteiger partial charge on any atom is -0.495 e. The van der Waals surface area contributed by atoms with Gasteiger partial charge in [0.2, 0.25) is 0 Å². The molecule has 1 saturated heterocycles. The van der Waals surface area contributed by atoms with Crippen molar-refractivity contribution >= 4 is 0 Å². The van der Waals surface area contributed by atoms with Gasteiger partial charge in [-0.2, -0.15) is 5.26 Å². The van der Waals surface area contributed by atoms with Crippen LogP contribution in [0.3, 0.4) is 0 Å². The highest BCUT2D eigenvalue weighted by Crippen LogP contribution is 2.30. The summed E-state index contributed by atoms with van der Waals surface area (Å²) in [7, 11) is 1.61. The highest BCUT2D eigenvalue weighted by Gasteiger charge is 2.17. The quantitative estimate of drug-likeness (QED) is 0.849. The average molecular weight is 230 g/mol. The Labute approximate surface area is 102 Å². The zero-order valence-corrected chi connectivity index (χ0v) is 10.4. The summed E-state index contributed by atoms with van der Waals surface area (Å²) >= 11 is 0. The second-order valence-electron chi connectivity index (χ2n) is 4.53. The van der Waals surface area contributed by atoms with Crippen molar-refractivity contribution in [2.75, 3.05) is 13.7 Å². The Bertz CT molecular complexity index is 442. The Morgan fingerprint density at radius 2 is 2.24 bits per heavy atom. The number of ether oxygens (including phenoxy) is 1. The Kier molecular flexibility index (Phi) is 3.65. The molecule has 2 rings (SSSR count). The van der Waals surface area contributed by atoms with E-state index in [-0.39, 0.29) is 0 Å². The lowest BCUT2D eigenvalue weighted by Gasteiger charge is -2.24. The van der Waals surface area contributed by atoms with Crippen LogP contribution in [0.15, 0.2) is 12.1 Å². The fourth-order valence-electron chi connectivity index (χ4n) is 2.49. The number of piperidine rings is 1. The fourth-order valence-corrected chi connectivity index (χ4v) is 2.49. The minimum atomic E-state index is 0.389. The molecule has 0 radical (unpaired) electrons. The van der Waals surface area contributed by atoms with Crippen molar-refractivity contribution in [2.24, 2.45) is 0 Å². The van der Waals surface area contributed by atoms with E-state index >= 15 is 0 Å². The van der Waals surface area contributed by atoms with Crippen LogP contribution in [-0.2, 0) is 0 Å². The Morgan fingerprint density at radius 3 is 2.82 bits per heavy atom. The lowest BCUT2D eigenvalue weighted by atomic mass is 9.94. The minimum absolute atomic E-state index is 0.389. The van der Waals surface area contributed by atoms with Crippen LogP contribution in [0.4, 0.5) is 0 Å². The summed E-state index contributed by atoms with van der Waals surface area (Å²) in [5.41, 5.74) is 2.88. The standard InChI is InChI=1S/C14H18N2O/c1-10-7-11(13-5-3-4-6-16-13)8-12(9-15)14(10)17-2/h7-8,13,16H,3-6H2,1-2H3. The van der Waals surface area contributed by atoms with Crippen molar-refractivity contribution in [3.05, 3.63) is 28.8 Å². The van der Waals surface area contributed by atoms with Crippen LogP contribution in [0.25, 0.3) is 0 Å². The molecule has 1 atom stereocenters. The summed E-state index contributed by atoms with van der Waals surface area (Å²) in [6.45, 7) is 3.06. The molecule has 3 nitrogen and oxygen atoms in total. The van der Waals surface area contributed by atoms with E-state index < -0.39 is 0 Å². The number of nitrogens with zero attached hydrogens (tertiary/aromatic N) is 1. The van der Waals surface area contributed by atoms with E-state index in [0.29, 0.717) is 17.4 Å². The van der Waals surface area contributed by atoms with Crippen LogP contribution in [-0.4, -0.2) is 13.7 Å². The van der Waals surface area contributed by atoms with Gasteiger partial charge in [-0.25, -0.2) is 0 Å². The van der Waals surface area contributed by atoms with E-state index in [0.717, 1.165) is 18.5 Å². The van der Waals surface area contributed by atoms with Gasteiger partial charge in [0.05, 0.1) is 12.7 Å². The smallest absolute Gasteiger partial charge is 0.139 e. The third-order valence-electron chi connectivity index (χ3n) is 3.33. The first kappa shape index (κ1) is 11.9. The topological polar surface area (TPSA) is 45.0 Å². The third-order valence-corrected chi connectivity index (χ3v) is 3.33. The maximum Gasteiger partial charge on any atom is 0.139 e. The molecule has 1 N–H and O–H groups in total. The van der Waals surface area contributed by atoms with Gasteiger partial charge in [0.1, 0.15) is 11.8 Å². The number of rotatable bonds is 2. The molecule has 0 spiro atoms. The first-order chi connectivity index (χ1) is 8.26. The molecular formula is C14H18N2O. The number of nitriles is 1. The number of nitrogens with one attached hydrogen (secondary N) is 1. The van der Waals surface area contributed by atoms with E-state index in [9.17, 15) is 0 Å².